The van der Waals surface area contributed by atoms with Crippen molar-refractivity contribution in [1.29, 1.82) is 0 Å². The smallest absolute Gasteiger partial charge is 0.506 e. The molecule has 0 radical (unpaired) electrons. The van der Waals surface area contributed by atoms with E-state index in [0.717, 1.165) is 0 Å². The van der Waals surface area contributed by atoms with Crippen LogP contribution in [0.3, 0.4) is 0 Å². The summed E-state index contributed by atoms with van der Waals surface area (Å²) in [4.78, 5) is 15.5. The molecule has 1 heterocycles. The van der Waals surface area contributed by atoms with Crippen LogP contribution in [0.1, 0.15) is 15.9 Å². The van der Waals surface area contributed by atoms with Crippen LogP contribution in [0.2, 0.25) is 10.0 Å². The molecule has 21 heavy (non-hydrogen) atoms. The van der Waals surface area contributed by atoms with E-state index >= 15 is 0 Å². The predicted octanol–water partition coefficient (Wildman–Crippen LogP) is 2.86. The van der Waals surface area contributed by atoms with Gasteiger partial charge >= 0.3 is 16.5 Å². The number of aromatic nitrogens is 1. The summed E-state index contributed by atoms with van der Waals surface area (Å²) in [6.07, 6.45) is 4.26. The number of halogens is 2. The number of hydrogen-bond acceptors (Lipinski definition) is 4. The molecule has 1 aromatic carbocycles. The molecule has 2 N–H and O–H groups in total. The normalized spacial score (nSPS) is 10.2. The molecule has 8 heteroatoms. The van der Waals surface area contributed by atoms with Crippen LogP contribution in [-0.2, 0) is 16.5 Å². The van der Waals surface area contributed by atoms with Crippen LogP contribution < -0.4 is 5.43 Å². The SMILES string of the molecule is O=C(N/N=C/c1cc(Cl)cc(Cl)c1O)c1ccncc1.[Ni+2]. The van der Waals surface area contributed by atoms with Crippen molar-refractivity contribution in [3.8, 4) is 5.75 Å². The van der Waals surface area contributed by atoms with Crippen LogP contribution in [0.4, 0.5) is 0 Å². The maximum absolute atomic E-state index is 11.7. The van der Waals surface area contributed by atoms with Crippen LogP contribution >= 0.6 is 23.2 Å². The van der Waals surface area contributed by atoms with E-state index < -0.39 is 5.91 Å². The Morgan fingerprint density at radius 2 is 1.95 bits per heavy atom. The van der Waals surface area contributed by atoms with E-state index in [0.29, 0.717) is 16.1 Å². The Morgan fingerprint density at radius 3 is 2.62 bits per heavy atom. The summed E-state index contributed by atoms with van der Waals surface area (Å²) < 4.78 is 0. The number of nitrogens with one attached hydrogen (secondary N) is 1. The number of phenols is 1. The summed E-state index contributed by atoms with van der Waals surface area (Å²) in [5.74, 6) is -0.547. The first-order chi connectivity index (χ1) is 9.58. The minimum absolute atomic E-state index is 0. The quantitative estimate of drug-likeness (QED) is 0.497. The number of hydrazone groups is 1. The fourth-order valence-electron chi connectivity index (χ4n) is 1.41. The average Bonchev–Trinajstić information content (AvgIpc) is 2.44. The topological polar surface area (TPSA) is 74.6 Å². The number of hydrogen-bond donors (Lipinski definition) is 2. The molecule has 0 atom stereocenters. The van der Waals surface area contributed by atoms with Gasteiger partial charge in [-0.25, -0.2) is 5.43 Å². The Morgan fingerprint density at radius 1 is 1.29 bits per heavy atom. The van der Waals surface area contributed by atoms with E-state index in [4.69, 9.17) is 23.2 Å². The minimum atomic E-state index is -0.392. The van der Waals surface area contributed by atoms with Gasteiger partial charge in [0.15, 0.2) is 0 Å². The Labute approximate surface area is 140 Å². The number of pyridine rings is 1. The molecule has 110 valence electrons. The maximum atomic E-state index is 11.7. The van der Waals surface area contributed by atoms with Gasteiger partial charge in [-0.2, -0.15) is 5.10 Å². The van der Waals surface area contributed by atoms with Crippen molar-refractivity contribution in [3.63, 3.8) is 0 Å². The first-order valence-electron chi connectivity index (χ1n) is 5.49. The van der Waals surface area contributed by atoms with Crippen LogP contribution in [-0.4, -0.2) is 22.2 Å². The van der Waals surface area contributed by atoms with E-state index in [1.807, 2.05) is 0 Å². The third-order valence-corrected chi connectivity index (χ3v) is 2.88. The number of nitrogens with zero attached hydrogens (tertiary/aromatic N) is 2. The minimum Gasteiger partial charge on any atom is -0.506 e. The molecule has 0 fully saturated rings. The second-order valence-corrected chi connectivity index (χ2v) is 4.60. The number of carbonyl (C=O) groups excluding carboxylic acids is 1. The van der Waals surface area contributed by atoms with Gasteiger partial charge in [-0.05, 0) is 24.3 Å². The summed E-state index contributed by atoms with van der Waals surface area (Å²) in [6.45, 7) is 0. The number of benzene rings is 1. The number of rotatable bonds is 3. The Balaban J connectivity index is 0.00000220. The zero-order valence-electron chi connectivity index (χ0n) is 10.4. The van der Waals surface area contributed by atoms with Crippen LogP contribution in [0.25, 0.3) is 0 Å². The standard InChI is InChI=1S/C13H9Cl2N3O2.Ni/c14-10-5-9(12(19)11(15)6-10)7-17-18-13(20)8-1-3-16-4-2-8;/h1-7,19H,(H,18,20);/q;+2/b17-7+;. The van der Waals surface area contributed by atoms with Gasteiger partial charge in [-0.1, -0.05) is 23.2 Å². The summed E-state index contributed by atoms with van der Waals surface area (Å²) >= 11 is 11.6. The zero-order chi connectivity index (χ0) is 14.5. The second kappa shape index (κ2) is 7.98. The van der Waals surface area contributed by atoms with Crippen molar-refractivity contribution in [1.82, 2.24) is 10.4 Å². The second-order valence-electron chi connectivity index (χ2n) is 3.76. The molecule has 0 aliphatic carbocycles. The Kier molecular flexibility index (Phi) is 6.63. The molecule has 5 nitrogen and oxygen atoms in total. The molecule has 0 aliphatic heterocycles. The number of amides is 1. The van der Waals surface area contributed by atoms with Crippen molar-refractivity contribution in [2.45, 2.75) is 0 Å². The van der Waals surface area contributed by atoms with Crippen molar-refractivity contribution in [2.24, 2.45) is 5.10 Å². The van der Waals surface area contributed by atoms with Gasteiger partial charge in [0.1, 0.15) is 5.75 Å². The van der Waals surface area contributed by atoms with Crippen molar-refractivity contribution >= 4 is 35.3 Å². The summed E-state index contributed by atoms with van der Waals surface area (Å²) in [5, 5.41) is 13.9. The third-order valence-electron chi connectivity index (χ3n) is 2.37. The van der Waals surface area contributed by atoms with Crippen molar-refractivity contribution < 1.29 is 26.4 Å². The number of aromatic hydroxyl groups is 1. The molecule has 1 amide bonds. The van der Waals surface area contributed by atoms with Crippen molar-refractivity contribution in [3.05, 3.63) is 57.8 Å². The molecule has 0 aliphatic rings. The van der Waals surface area contributed by atoms with Gasteiger partial charge in [-0.3, -0.25) is 9.78 Å². The third kappa shape index (κ3) is 4.71. The fourth-order valence-corrected chi connectivity index (χ4v) is 1.92. The first-order valence-corrected chi connectivity index (χ1v) is 6.25. The van der Waals surface area contributed by atoms with E-state index in [-0.39, 0.29) is 27.3 Å². The van der Waals surface area contributed by atoms with Gasteiger partial charge in [0, 0.05) is 28.5 Å². The molecule has 1 aromatic heterocycles. The van der Waals surface area contributed by atoms with Gasteiger partial charge in [0.25, 0.3) is 5.91 Å². The molecule has 2 aromatic rings. The monoisotopic (exact) mass is 367 g/mol. The Bertz CT molecular complexity index is 666. The van der Waals surface area contributed by atoms with Gasteiger partial charge in [0.2, 0.25) is 0 Å². The predicted molar refractivity (Wildman–Crippen MR) is 77.4 cm³/mol. The largest absolute Gasteiger partial charge is 2.00 e. The first kappa shape index (κ1) is 17.4. The summed E-state index contributed by atoms with van der Waals surface area (Å²) in [7, 11) is 0. The van der Waals surface area contributed by atoms with Gasteiger partial charge < -0.3 is 5.11 Å². The fraction of sp³-hybridized carbons (Fsp3) is 0. The summed E-state index contributed by atoms with van der Waals surface area (Å²) in [6, 6.07) is 5.99. The van der Waals surface area contributed by atoms with E-state index in [1.54, 1.807) is 12.1 Å². The molecule has 0 saturated heterocycles. The number of phenolic OH excluding ortho intramolecular Hbond substituents is 1. The van der Waals surface area contributed by atoms with Gasteiger partial charge in [-0.15, -0.1) is 0 Å². The van der Waals surface area contributed by atoms with Gasteiger partial charge in [0.05, 0.1) is 11.2 Å². The van der Waals surface area contributed by atoms with Crippen LogP contribution in [0.15, 0.2) is 41.8 Å². The van der Waals surface area contributed by atoms with Crippen LogP contribution in [0, 0.1) is 0 Å². The van der Waals surface area contributed by atoms with Crippen molar-refractivity contribution in [2.75, 3.05) is 0 Å². The molecule has 0 unspecified atom stereocenters. The zero-order valence-corrected chi connectivity index (χ0v) is 12.9. The maximum Gasteiger partial charge on any atom is 2.00 e. The molecular weight excluding hydrogens is 360 g/mol. The van der Waals surface area contributed by atoms with E-state index in [9.17, 15) is 9.90 Å². The van der Waals surface area contributed by atoms with E-state index in [2.05, 4.69) is 15.5 Å². The van der Waals surface area contributed by atoms with E-state index in [1.165, 1.54) is 30.7 Å². The average molecular weight is 369 g/mol. The molecule has 0 bridgehead atoms. The summed E-state index contributed by atoms with van der Waals surface area (Å²) in [5.41, 5.74) is 3.04. The molecule has 0 spiro atoms. The molecule has 0 saturated carbocycles. The number of carbonyl (C=O) groups is 1. The van der Waals surface area contributed by atoms with Crippen LogP contribution in [0.5, 0.6) is 5.75 Å². The molecule has 2 rings (SSSR count). The Hall–Kier alpha value is -1.62. The molecular formula is C13H9Cl2N3NiO2+2.